The van der Waals surface area contributed by atoms with Crippen LogP contribution in [0.2, 0.25) is 0 Å². The van der Waals surface area contributed by atoms with Gasteiger partial charge < -0.3 is 15.4 Å². The molecule has 1 saturated carbocycles. The number of rotatable bonds is 4. The Morgan fingerprint density at radius 3 is 2.83 bits per heavy atom. The average molecular weight is 338 g/mol. The maximum atomic E-state index is 13.5. The van der Waals surface area contributed by atoms with Gasteiger partial charge in [-0.05, 0) is 43.7 Å². The van der Waals surface area contributed by atoms with Gasteiger partial charge in [-0.1, -0.05) is 18.9 Å². The summed E-state index contributed by atoms with van der Waals surface area (Å²) in [5.41, 5.74) is 0.362. The van der Waals surface area contributed by atoms with Crippen LogP contribution in [0.5, 0.6) is 0 Å². The van der Waals surface area contributed by atoms with Crippen LogP contribution in [0.25, 0.3) is 0 Å². The second-order valence-electron chi connectivity index (χ2n) is 6.81. The predicted molar refractivity (Wildman–Crippen MR) is 86.8 cm³/mol. The van der Waals surface area contributed by atoms with E-state index in [1.54, 1.807) is 0 Å². The molecular formula is C18H24F2N2O2. The molecule has 1 aliphatic carbocycles. The van der Waals surface area contributed by atoms with Gasteiger partial charge in [-0.3, -0.25) is 0 Å². The van der Waals surface area contributed by atoms with Gasteiger partial charge in [-0.2, -0.15) is 0 Å². The van der Waals surface area contributed by atoms with E-state index in [0.29, 0.717) is 25.1 Å². The lowest BCUT2D eigenvalue weighted by atomic mass is 9.89. The number of urea groups is 1. The largest absolute Gasteiger partial charge is 0.375 e. The van der Waals surface area contributed by atoms with Crippen LogP contribution in [0.15, 0.2) is 18.2 Å². The van der Waals surface area contributed by atoms with Crippen molar-refractivity contribution in [2.24, 2.45) is 0 Å². The van der Waals surface area contributed by atoms with Crippen molar-refractivity contribution < 1.29 is 18.3 Å². The molecule has 0 unspecified atom stereocenters. The standard InChI is InChI=1S/C18H24F2N2O2/c19-14-4-3-13(16(20)11-14)5-9-21-17(23)22-15-6-10-24-18(12-15)7-1-2-8-18/h3-4,11,15H,1-2,5-10,12H2,(H2,21,22,23)/t15-/m0/s1. The van der Waals surface area contributed by atoms with E-state index in [2.05, 4.69) is 10.6 Å². The summed E-state index contributed by atoms with van der Waals surface area (Å²) in [6.45, 7) is 0.995. The van der Waals surface area contributed by atoms with Crippen LogP contribution in [0.3, 0.4) is 0 Å². The third-order valence-corrected chi connectivity index (χ3v) is 5.04. The summed E-state index contributed by atoms with van der Waals surface area (Å²) in [6, 6.07) is 3.38. The fraction of sp³-hybridized carbons (Fsp3) is 0.611. The van der Waals surface area contributed by atoms with Crippen molar-refractivity contribution in [2.75, 3.05) is 13.2 Å². The van der Waals surface area contributed by atoms with Gasteiger partial charge in [-0.25, -0.2) is 13.6 Å². The molecule has 3 rings (SSSR count). The van der Waals surface area contributed by atoms with Crippen molar-refractivity contribution in [3.63, 3.8) is 0 Å². The van der Waals surface area contributed by atoms with Gasteiger partial charge in [0.15, 0.2) is 0 Å². The van der Waals surface area contributed by atoms with Gasteiger partial charge in [-0.15, -0.1) is 0 Å². The number of amides is 2. The summed E-state index contributed by atoms with van der Waals surface area (Å²) < 4.78 is 32.3. The van der Waals surface area contributed by atoms with Gasteiger partial charge in [0.1, 0.15) is 11.6 Å². The molecule has 1 aromatic rings. The van der Waals surface area contributed by atoms with Crippen molar-refractivity contribution in [3.8, 4) is 0 Å². The molecule has 132 valence electrons. The summed E-state index contributed by atoms with van der Waals surface area (Å²) in [4.78, 5) is 12.0. The van der Waals surface area contributed by atoms with Crippen molar-refractivity contribution >= 4 is 6.03 Å². The van der Waals surface area contributed by atoms with Crippen molar-refractivity contribution in [1.82, 2.24) is 10.6 Å². The van der Waals surface area contributed by atoms with E-state index in [9.17, 15) is 13.6 Å². The lowest BCUT2D eigenvalue weighted by Crippen LogP contribution is -2.50. The molecule has 24 heavy (non-hydrogen) atoms. The Morgan fingerprint density at radius 1 is 1.29 bits per heavy atom. The molecule has 1 spiro atoms. The number of nitrogens with one attached hydrogen (secondary N) is 2. The molecule has 1 aliphatic heterocycles. The van der Waals surface area contributed by atoms with Crippen LogP contribution < -0.4 is 10.6 Å². The molecule has 0 radical (unpaired) electrons. The summed E-state index contributed by atoms with van der Waals surface area (Å²) in [5, 5.41) is 5.74. The first-order chi connectivity index (χ1) is 11.6. The Bertz CT molecular complexity index is 588. The van der Waals surface area contributed by atoms with Gasteiger partial charge in [0.25, 0.3) is 0 Å². The number of hydrogen-bond acceptors (Lipinski definition) is 2. The van der Waals surface area contributed by atoms with Crippen molar-refractivity contribution in [3.05, 3.63) is 35.4 Å². The summed E-state index contributed by atoms with van der Waals surface area (Å²) in [7, 11) is 0. The first-order valence-corrected chi connectivity index (χ1v) is 8.69. The molecule has 0 bridgehead atoms. The lowest BCUT2D eigenvalue weighted by Gasteiger charge is -2.38. The third-order valence-electron chi connectivity index (χ3n) is 5.04. The van der Waals surface area contributed by atoms with E-state index in [1.807, 2.05) is 0 Å². The highest BCUT2D eigenvalue weighted by molar-refractivity contribution is 5.74. The smallest absolute Gasteiger partial charge is 0.315 e. The highest BCUT2D eigenvalue weighted by Gasteiger charge is 2.40. The number of halogens is 2. The van der Waals surface area contributed by atoms with E-state index >= 15 is 0 Å². The number of ether oxygens (including phenoxy) is 1. The lowest BCUT2D eigenvalue weighted by molar-refractivity contribution is -0.0820. The Labute approximate surface area is 141 Å². The van der Waals surface area contributed by atoms with E-state index in [-0.39, 0.29) is 17.7 Å². The molecule has 2 aliphatic rings. The molecule has 6 heteroatoms. The molecule has 1 heterocycles. The molecule has 1 saturated heterocycles. The summed E-state index contributed by atoms with van der Waals surface area (Å²) in [5.74, 6) is -1.17. The second kappa shape index (κ2) is 7.47. The maximum Gasteiger partial charge on any atom is 0.315 e. The molecule has 1 atom stereocenters. The minimum Gasteiger partial charge on any atom is -0.375 e. The zero-order valence-corrected chi connectivity index (χ0v) is 13.7. The van der Waals surface area contributed by atoms with Gasteiger partial charge in [0, 0.05) is 25.3 Å². The molecule has 2 N–H and O–H groups in total. The number of carbonyl (C=O) groups is 1. The van der Waals surface area contributed by atoms with Crippen LogP contribution in [0.4, 0.5) is 13.6 Å². The fourth-order valence-electron chi connectivity index (χ4n) is 3.79. The van der Waals surface area contributed by atoms with Crippen LogP contribution in [-0.4, -0.2) is 30.8 Å². The molecule has 0 aromatic heterocycles. The van der Waals surface area contributed by atoms with E-state index in [0.717, 1.165) is 31.7 Å². The molecule has 1 aromatic carbocycles. The Kier molecular flexibility index (Phi) is 5.33. The number of benzene rings is 1. The van der Waals surface area contributed by atoms with E-state index in [1.165, 1.54) is 25.0 Å². The van der Waals surface area contributed by atoms with Crippen molar-refractivity contribution in [2.45, 2.75) is 56.6 Å². The average Bonchev–Trinajstić information content (AvgIpc) is 2.97. The highest BCUT2D eigenvalue weighted by atomic mass is 19.1. The topological polar surface area (TPSA) is 50.4 Å². The first kappa shape index (κ1) is 17.1. The maximum absolute atomic E-state index is 13.5. The van der Waals surface area contributed by atoms with E-state index in [4.69, 9.17) is 4.74 Å². The van der Waals surface area contributed by atoms with Crippen LogP contribution in [0, 0.1) is 11.6 Å². The molecule has 4 nitrogen and oxygen atoms in total. The minimum atomic E-state index is -0.595. The quantitative estimate of drug-likeness (QED) is 0.885. The zero-order valence-electron chi connectivity index (χ0n) is 13.7. The molecular weight excluding hydrogens is 314 g/mol. The Balaban J connectivity index is 1.42. The summed E-state index contributed by atoms with van der Waals surface area (Å²) in [6.07, 6.45) is 6.57. The minimum absolute atomic E-state index is 0.0343. The summed E-state index contributed by atoms with van der Waals surface area (Å²) >= 11 is 0. The third kappa shape index (κ3) is 4.23. The van der Waals surface area contributed by atoms with Gasteiger partial charge >= 0.3 is 6.03 Å². The van der Waals surface area contributed by atoms with E-state index < -0.39 is 11.6 Å². The Morgan fingerprint density at radius 2 is 2.08 bits per heavy atom. The van der Waals surface area contributed by atoms with Crippen LogP contribution in [0.1, 0.15) is 44.1 Å². The first-order valence-electron chi connectivity index (χ1n) is 8.69. The SMILES string of the molecule is O=C(NCCc1ccc(F)cc1F)N[C@H]1CCOC2(CCCC2)C1. The zero-order chi connectivity index (χ0) is 17.0. The number of carbonyl (C=O) groups excluding carboxylic acids is 1. The van der Waals surface area contributed by atoms with Crippen molar-refractivity contribution in [1.29, 1.82) is 0 Å². The van der Waals surface area contributed by atoms with Crippen LogP contribution >= 0.6 is 0 Å². The normalized spacial score (nSPS) is 22.5. The fourth-order valence-corrected chi connectivity index (χ4v) is 3.79. The monoisotopic (exact) mass is 338 g/mol. The van der Waals surface area contributed by atoms with Gasteiger partial charge in [0.2, 0.25) is 0 Å². The Hall–Kier alpha value is -1.69. The predicted octanol–water partition coefficient (Wildman–Crippen LogP) is 3.30. The molecule has 2 fully saturated rings. The van der Waals surface area contributed by atoms with Crippen LogP contribution in [-0.2, 0) is 11.2 Å². The highest BCUT2D eigenvalue weighted by Crippen LogP contribution is 2.39. The van der Waals surface area contributed by atoms with Gasteiger partial charge in [0.05, 0.1) is 5.60 Å². The molecule has 2 amide bonds. The number of hydrogen-bond donors (Lipinski definition) is 2. The second-order valence-corrected chi connectivity index (χ2v) is 6.81.